The van der Waals surface area contributed by atoms with Crippen LogP contribution in [0.5, 0.6) is 0 Å². The largest absolute Gasteiger partial charge is 0.226 e. The van der Waals surface area contributed by atoms with Gasteiger partial charge in [0.25, 0.3) is 0 Å². The maximum Gasteiger partial charge on any atom is 0.133 e. The molecule has 94 valence electrons. The quantitative estimate of drug-likeness (QED) is 0.760. The zero-order chi connectivity index (χ0) is 13.1. The highest BCUT2D eigenvalue weighted by atomic mass is 35.5. The highest BCUT2D eigenvalue weighted by Gasteiger charge is 2.08. The van der Waals surface area contributed by atoms with Crippen molar-refractivity contribution in [2.45, 2.75) is 36.6 Å². The molecule has 4 heteroatoms. The van der Waals surface area contributed by atoms with Gasteiger partial charge in [-0.25, -0.2) is 9.97 Å². The van der Waals surface area contributed by atoms with E-state index in [4.69, 9.17) is 11.6 Å². The molecule has 0 N–H and O–H groups in total. The number of aryl methyl sites for hydroxylation is 1. The lowest BCUT2D eigenvalue weighted by Crippen LogP contribution is -1.98. The smallest absolute Gasteiger partial charge is 0.133 e. The summed E-state index contributed by atoms with van der Waals surface area (Å²) in [7, 11) is 0. The van der Waals surface area contributed by atoms with E-state index in [-0.39, 0.29) is 5.92 Å². The van der Waals surface area contributed by atoms with Crippen molar-refractivity contribution in [2.75, 3.05) is 0 Å². The number of hydrogen-bond acceptors (Lipinski definition) is 3. The van der Waals surface area contributed by atoms with Crippen molar-refractivity contribution >= 4 is 23.4 Å². The molecule has 2 aromatic rings. The van der Waals surface area contributed by atoms with Crippen LogP contribution in [0.3, 0.4) is 0 Å². The third-order valence-electron chi connectivity index (χ3n) is 2.42. The molecular formula is C14H15ClN2S. The van der Waals surface area contributed by atoms with Gasteiger partial charge in [0.1, 0.15) is 16.0 Å². The van der Waals surface area contributed by atoms with Crippen LogP contribution >= 0.6 is 23.4 Å². The molecule has 0 fully saturated rings. The molecule has 0 saturated carbocycles. The summed E-state index contributed by atoms with van der Waals surface area (Å²) in [4.78, 5) is 9.93. The van der Waals surface area contributed by atoms with Gasteiger partial charge < -0.3 is 0 Å². The fourth-order valence-electron chi connectivity index (χ4n) is 1.52. The number of aromatic nitrogens is 2. The van der Waals surface area contributed by atoms with Gasteiger partial charge in [0, 0.05) is 16.9 Å². The van der Waals surface area contributed by atoms with Crippen LogP contribution in [0.15, 0.2) is 40.3 Å². The first-order valence-corrected chi connectivity index (χ1v) is 7.03. The minimum absolute atomic E-state index is 0.278. The molecule has 0 unspecified atom stereocenters. The molecule has 2 nitrogen and oxygen atoms in total. The van der Waals surface area contributed by atoms with E-state index in [0.717, 1.165) is 10.9 Å². The average Bonchev–Trinajstić information content (AvgIpc) is 2.28. The van der Waals surface area contributed by atoms with Crippen LogP contribution in [-0.4, -0.2) is 9.97 Å². The van der Waals surface area contributed by atoms with E-state index < -0.39 is 0 Å². The fourth-order valence-corrected chi connectivity index (χ4v) is 2.72. The molecule has 1 aromatic heterocycles. The monoisotopic (exact) mass is 278 g/mol. The van der Waals surface area contributed by atoms with Gasteiger partial charge >= 0.3 is 0 Å². The molecule has 1 aromatic carbocycles. The molecule has 2 rings (SSSR count). The zero-order valence-corrected chi connectivity index (χ0v) is 12.2. The van der Waals surface area contributed by atoms with E-state index >= 15 is 0 Å². The number of rotatable bonds is 3. The zero-order valence-electron chi connectivity index (χ0n) is 10.6. The van der Waals surface area contributed by atoms with Crippen molar-refractivity contribution in [3.63, 3.8) is 0 Å². The Balaban J connectivity index is 2.29. The van der Waals surface area contributed by atoms with Gasteiger partial charge in [-0.15, -0.1) is 0 Å². The second-order valence-electron chi connectivity index (χ2n) is 4.46. The number of nitrogens with zero attached hydrogens (tertiary/aromatic N) is 2. The summed E-state index contributed by atoms with van der Waals surface area (Å²) in [6.07, 6.45) is 0. The predicted octanol–water partition coefficient (Wildman–Crippen LogP) is 4.71. The van der Waals surface area contributed by atoms with Crippen molar-refractivity contribution < 1.29 is 0 Å². The van der Waals surface area contributed by atoms with Gasteiger partial charge in [-0.05, 0) is 19.1 Å². The molecular weight excluding hydrogens is 264 g/mol. The summed E-state index contributed by atoms with van der Waals surface area (Å²) in [6.45, 7) is 6.20. The molecule has 0 aliphatic carbocycles. The van der Waals surface area contributed by atoms with Gasteiger partial charge in [-0.3, -0.25) is 0 Å². The van der Waals surface area contributed by atoms with Crippen LogP contribution in [0.25, 0.3) is 0 Å². The first-order chi connectivity index (χ1) is 8.54. The van der Waals surface area contributed by atoms with Crippen LogP contribution in [0.2, 0.25) is 5.15 Å². The third-order valence-corrected chi connectivity index (χ3v) is 3.52. The van der Waals surface area contributed by atoms with Crippen molar-refractivity contribution in [3.05, 3.63) is 46.9 Å². The summed E-state index contributed by atoms with van der Waals surface area (Å²) in [5.41, 5.74) is 1.24. The summed E-state index contributed by atoms with van der Waals surface area (Å²) < 4.78 is 0. The van der Waals surface area contributed by atoms with Gasteiger partial charge in [0.15, 0.2) is 0 Å². The fraction of sp³-hybridized carbons (Fsp3) is 0.286. The first kappa shape index (κ1) is 13.4. The van der Waals surface area contributed by atoms with Crippen LogP contribution in [-0.2, 0) is 0 Å². The SMILES string of the molecule is Cc1cccc(Sc2cc(Cl)nc(C(C)C)n2)c1. The van der Waals surface area contributed by atoms with Crippen LogP contribution in [0, 0.1) is 6.92 Å². The second kappa shape index (κ2) is 5.72. The Morgan fingerprint density at radius 1 is 1.17 bits per heavy atom. The lowest BCUT2D eigenvalue weighted by molar-refractivity contribution is 0.753. The van der Waals surface area contributed by atoms with Crippen molar-refractivity contribution in [1.29, 1.82) is 0 Å². The highest BCUT2D eigenvalue weighted by molar-refractivity contribution is 7.99. The Bertz CT molecular complexity index is 555. The van der Waals surface area contributed by atoms with E-state index in [1.807, 2.05) is 6.07 Å². The molecule has 0 saturated heterocycles. The van der Waals surface area contributed by atoms with E-state index in [9.17, 15) is 0 Å². The molecule has 0 amide bonds. The number of hydrogen-bond donors (Lipinski definition) is 0. The van der Waals surface area contributed by atoms with Gasteiger partial charge in [-0.1, -0.05) is 54.9 Å². The Morgan fingerprint density at radius 3 is 2.61 bits per heavy atom. The van der Waals surface area contributed by atoms with Crippen LogP contribution < -0.4 is 0 Å². The van der Waals surface area contributed by atoms with E-state index in [1.165, 1.54) is 10.5 Å². The molecule has 0 aliphatic heterocycles. The molecule has 0 spiro atoms. The minimum Gasteiger partial charge on any atom is -0.226 e. The van der Waals surface area contributed by atoms with Crippen molar-refractivity contribution in [1.82, 2.24) is 9.97 Å². The highest BCUT2D eigenvalue weighted by Crippen LogP contribution is 2.28. The van der Waals surface area contributed by atoms with Crippen molar-refractivity contribution in [3.8, 4) is 0 Å². The lowest BCUT2D eigenvalue weighted by Gasteiger charge is -2.07. The lowest BCUT2D eigenvalue weighted by atomic mass is 10.2. The topological polar surface area (TPSA) is 25.8 Å². The molecule has 18 heavy (non-hydrogen) atoms. The van der Waals surface area contributed by atoms with E-state index in [2.05, 4.69) is 48.9 Å². The number of halogens is 1. The first-order valence-electron chi connectivity index (χ1n) is 5.83. The summed E-state index contributed by atoms with van der Waals surface area (Å²) >= 11 is 7.64. The summed E-state index contributed by atoms with van der Waals surface area (Å²) in [5, 5.41) is 1.40. The molecule has 0 bridgehead atoms. The maximum absolute atomic E-state index is 6.03. The Hall–Kier alpha value is -1.06. The minimum atomic E-state index is 0.278. The second-order valence-corrected chi connectivity index (χ2v) is 5.94. The molecule has 0 atom stereocenters. The third kappa shape index (κ3) is 3.47. The normalized spacial score (nSPS) is 10.9. The Labute approximate surface area is 117 Å². The van der Waals surface area contributed by atoms with Gasteiger partial charge in [0.2, 0.25) is 0 Å². The molecule has 0 radical (unpaired) electrons. The Morgan fingerprint density at radius 2 is 1.94 bits per heavy atom. The predicted molar refractivity (Wildman–Crippen MR) is 76.4 cm³/mol. The van der Waals surface area contributed by atoms with E-state index in [1.54, 1.807) is 17.8 Å². The van der Waals surface area contributed by atoms with Gasteiger partial charge in [0.05, 0.1) is 0 Å². The standard InChI is InChI=1S/C14H15ClN2S/c1-9(2)14-16-12(15)8-13(17-14)18-11-6-4-5-10(3)7-11/h4-9H,1-3H3. The van der Waals surface area contributed by atoms with Crippen LogP contribution in [0.4, 0.5) is 0 Å². The van der Waals surface area contributed by atoms with Gasteiger partial charge in [-0.2, -0.15) is 0 Å². The summed E-state index contributed by atoms with van der Waals surface area (Å²) in [5.74, 6) is 1.07. The molecule has 1 heterocycles. The van der Waals surface area contributed by atoms with E-state index in [0.29, 0.717) is 5.15 Å². The average molecular weight is 279 g/mol. The van der Waals surface area contributed by atoms with Crippen LogP contribution in [0.1, 0.15) is 31.2 Å². The Kier molecular flexibility index (Phi) is 4.25. The van der Waals surface area contributed by atoms with Crippen molar-refractivity contribution in [2.24, 2.45) is 0 Å². The maximum atomic E-state index is 6.03. The summed E-state index contributed by atoms with van der Waals surface area (Å²) in [6, 6.07) is 10.1. The number of benzene rings is 1. The molecule has 0 aliphatic rings.